The first-order valence-corrected chi connectivity index (χ1v) is 7.85. The van der Waals surface area contributed by atoms with Crippen LogP contribution in [0.15, 0.2) is 11.1 Å². The second kappa shape index (κ2) is 5.81. The van der Waals surface area contributed by atoms with Gasteiger partial charge in [0.1, 0.15) is 0 Å². The minimum atomic E-state index is 0.166. The molecule has 0 saturated heterocycles. The van der Waals surface area contributed by atoms with Gasteiger partial charge >= 0.3 is 0 Å². The van der Waals surface area contributed by atoms with Gasteiger partial charge in [-0.1, -0.05) is 59.5 Å². The van der Waals surface area contributed by atoms with E-state index in [1.807, 2.05) is 0 Å². The third-order valence-electron chi connectivity index (χ3n) is 5.91. The zero-order valence-electron chi connectivity index (χ0n) is 14.0. The van der Waals surface area contributed by atoms with Crippen molar-refractivity contribution in [3.05, 3.63) is 11.1 Å². The van der Waals surface area contributed by atoms with Gasteiger partial charge < -0.3 is 0 Å². The van der Waals surface area contributed by atoms with Crippen molar-refractivity contribution in [2.24, 2.45) is 16.7 Å². The molecule has 110 valence electrons. The van der Waals surface area contributed by atoms with Gasteiger partial charge in [-0.3, -0.25) is 4.79 Å². The molecule has 0 bridgehead atoms. The fraction of sp³-hybridized carbons (Fsp3) is 0.833. The van der Waals surface area contributed by atoms with Gasteiger partial charge in [-0.15, -0.1) is 0 Å². The molecular formula is C18H32O. The van der Waals surface area contributed by atoms with E-state index < -0.39 is 0 Å². The van der Waals surface area contributed by atoms with E-state index in [4.69, 9.17) is 0 Å². The lowest BCUT2D eigenvalue weighted by atomic mass is 9.69. The zero-order chi connectivity index (χ0) is 14.8. The van der Waals surface area contributed by atoms with Gasteiger partial charge in [0, 0.05) is 0 Å². The molecule has 1 rings (SSSR count). The first-order valence-electron chi connectivity index (χ1n) is 7.85. The summed E-state index contributed by atoms with van der Waals surface area (Å²) in [7, 11) is 0. The number of rotatable bonds is 2. The van der Waals surface area contributed by atoms with Crippen molar-refractivity contribution in [1.82, 2.24) is 0 Å². The highest BCUT2D eigenvalue weighted by molar-refractivity contribution is 5.94. The minimum Gasteiger partial charge on any atom is -0.295 e. The van der Waals surface area contributed by atoms with Gasteiger partial charge in [0.2, 0.25) is 0 Å². The Kier molecular flexibility index (Phi) is 5.03. The molecule has 19 heavy (non-hydrogen) atoms. The van der Waals surface area contributed by atoms with Crippen LogP contribution in [0.1, 0.15) is 80.6 Å². The number of allylic oxidation sites excluding steroid dienone is 2. The van der Waals surface area contributed by atoms with Crippen LogP contribution in [-0.4, -0.2) is 5.78 Å². The van der Waals surface area contributed by atoms with E-state index >= 15 is 0 Å². The number of hydrogen-bond donors (Lipinski definition) is 0. The Morgan fingerprint density at radius 3 is 2.37 bits per heavy atom. The molecule has 0 saturated carbocycles. The predicted octanol–water partition coefficient (Wildman–Crippen LogP) is 5.54. The SMILES string of the molecule is CC[C@@]1(C)C/C(C(C)=O)=C(/C)C(C)(C)CCC[C@H]1C. The molecule has 1 aliphatic rings. The molecule has 0 unspecified atom stereocenters. The monoisotopic (exact) mass is 264 g/mol. The number of hydrogen-bond acceptors (Lipinski definition) is 1. The van der Waals surface area contributed by atoms with E-state index in [-0.39, 0.29) is 16.6 Å². The molecule has 0 aromatic heterocycles. The zero-order valence-corrected chi connectivity index (χ0v) is 14.0. The molecule has 0 aromatic carbocycles. The Balaban J connectivity index is 3.30. The van der Waals surface area contributed by atoms with E-state index in [2.05, 4.69) is 41.5 Å². The number of ketones is 1. The third-order valence-corrected chi connectivity index (χ3v) is 5.91. The molecular weight excluding hydrogens is 232 g/mol. The Hall–Kier alpha value is -0.590. The second-order valence-electron chi connectivity index (χ2n) is 7.52. The molecule has 0 fully saturated rings. The van der Waals surface area contributed by atoms with Crippen LogP contribution in [0.25, 0.3) is 0 Å². The third kappa shape index (κ3) is 3.49. The molecule has 1 aliphatic carbocycles. The molecule has 0 heterocycles. The Labute approximate surface area is 119 Å². The standard InChI is InChI=1S/C18H32O/c1-8-18(7)12-16(15(4)19)14(3)17(5,6)11-9-10-13(18)2/h13H,8-12H2,1-7H3/b16-14+/t13-,18+/m1/s1. The van der Waals surface area contributed by atoms with E-state index in [9.17, 15) is 4.79 Å². The average Bonchev–Trinajstić information content (AvgIpc) is 2.35. The maximum absolute atomic E-state index is 12.1. The lowest BCUT2D eigenvalue weighted by Gasteiger charge is -2.36. The Morgan fingerprint density at radius 2 is 1.89 bits per heavy atom. The highest BCUT2D eigenvalue weighted by atomic mass is 16.1. The maximum Gasteiger partial charge on any atom is 0.155 e. The fourth-order valence-electron chi connectivity index (χ4n) is 3.37. The lowest BCUT2D eigenvalue weighted by Crippen LogP contribution is -2.27. The molecule has 0 aromatic rings. The first-order chi connectivity index (χ1) is 8.64. The molecule has 0 radical (unpaired) electrons. The largest absolute Gasteiger partial charge is 0.295 e. The molecule has 1 nitrogen and oxygen atoms in total. The average molecular weight is 264 g/mol. The summed E-state index contributed by atoms with van der Waals surface area (Å²) in [4.78, 5) is 12.1. The van der Waals surface area contributed by atoms with Crippen molar-refractivity contribution in [3.63, 3.8) is 0 Å². The van der Waals surface area contributed by atoms with Crippen LogP contribution in [0.2, 0.25) is 0 Å². The van der Waals surface area contributed by atoms with Gasteiger partial charge in [-0.2, -0.15) is 0 Å². The maximum atomic E-state index is 12.1. The summed E-state index contributed by atoms with van der Waals surface area (Å²) in [6, 6.07) is 0. The van der Waals surface area contributed by atoms with E-state index in [1.54, 1.807) is 6.92 Å². The molecule has 0 amide bonds. The summed E-state index contributed by atoms with van der Waals surface area (Å²) < 4.78 is 0. The Morgan fingerprint density at radius 1 is 1.32 bits per heavy atom. The molecule has 0 N–H and O–H groups in total. The van der Waals surface area contributed by atoms with Crippen molar-refractivity contribution in [3.8, 4) is 0 Å². The first kappa shape index (κ1) is 16.5. The van der Waals surface area contributed by atoms with E-state index in [0.717, 1.165) is 18.4 Å². The summed E-state index contributed by atoms with van der Waals surface area (Å²) in [5.41, 5.74) is 2.86. The van der Waals surface area contributed by atoms with E-state index in [0.29, 0.717) is 5.92 Å². The van der Waals surface area contributed by atoms with Crippen LogP contribution in [0.3, 0.4) is 0 Å². The smallest absolute Gasteiger partial charge is 0.155 e. The second-order valence-corrected chi connectivity index (χ2v) is 7.52. The summed E-state index contributed by atoms with van der Waals surface area (Å²) in [6.45, 7) is 15.5. The van der Waals surface area contributed by atoms with Crippen molar-refractivity contribution >= 4 is 5.78 Å². The van der Waals surface area contributed by atoms with Crippen molar-refractivity contribution in [2.45, 2.75) is 80.6 Å². The molecule has 0 spiro atoms. The Bertz CT molecular complexity index is 375. The summed E-state index contributed by atoms with van der Waals surface area (Å²) in [6.07, 6.45) is 5.85. The van der Waals surface area contributed by atoms with Gasteiger partial charge in [0.15, 0.2) is 5.78 Å². The van der Waals surface area contributed by atoms with Crippen LogP contribution in [-0.2, 0) is 4.79 Å². The number of carbonyl (C=O) groups excluding carboxylic acids is 1. The van der Waals surface area contributed by atoms with Gasteiger partial charge in [-0.05, 0) is 49.0 Å². The minimum absolute atomic E-state index is 0.166. The lowest BCUT2D eigenvalue weighted by molar-refractivity contribution is -0.114. The van der Waals surface area contributed by atoms with Gasteiger partial charge in [-0.25, -0.2) is 0 Å². The number of carbonyl (C=O) groups is 1. The summed E-state index contributed by atoms with van der Waals surface area (Å²) in [5.74, 6) is 0.966. The van der Waals surface area contributed by atoms with Crippen molar-refractivity contribution in [2.75, 3.05) is 0 Å². The van der Waals surface area contributed by atoms with Crippen LogP contribution >= 0.6 is 0 Å². The van der Waals surface area contributed by atoms with E-state index in [1.165, 1.54) is 24.8 Å². The predicted molar refractivity (Wildman–Crippen MR) is 83.2 cm³/mol. The van der Waals surface area contributed by atoms with Crippen LogP contribution in [0.4, 0.5) is 0 Å². The fourth-order valence-corrected chi connectivity index (χ4v) is 3.37. The van der Waals surface area contributed by atoms with Gasteiger partial charge in [0.05, 0.1) is 0 Å². The number of Topliss-reactive ketones (excluding diaryl/α,β-unsaturated/α-hetero) is 1. The normalized spacial score (nSPS) is 36.3. The van der Waals surface area contributed by atoms with Crippen molar-refractivity contribution < 1.29 is 4.79 Å². The van der Waals surface area contributed by atoms with Crippen molar-refractivity contribution in [1.29, 1.82) is 0 Å². The van der Waals surface area contributed by atoms with Crippen LogP contribution in [0.5, 0.6) is 0 Å². The quantitative estimate of drug-likeness (QED) is 0.639. The summed E-state index contributed by atoms with van der Waals surface area (Å²) >= 11 is 0. The highest BCUT2D eigenvalue weighted by Crippen LogP contribution is 2.46. The topological polar surface area (TPSA) is 17.1 Å². The molecule has 2 atom stereocenters. The summed E-state index contributed by atoms with van der Waals surface area (Å²) in [5, 5.41) is 0. The van der Waals surface area contributed by atoms with Crippen LogP contribution in [0, 0.1) is 16.7 Å². The molecule has 1 heteroatoms. The van der Waals surface area contributed by atoms with Gasteiger partial charge in [0.25, 0.3) is 0 Å². The van der Waals surface area contributed by atoms with Crippen LogP contribution < -0.4 is 0 Å². The molecule has 0 aliphatic heterocycles. The highest BCUT2D eigenvalue weighted by Gasteiger charge is 2.35.